The van der Waals surface area contributed by atoms with Crippen LogP contribution in [-0.2, 0) is 0 Å². The van der Waals surface area contributed by atoms with Gasteiger partial charge in [-0.3, -0.25) is 4.68 Å². The first-order valence-electron chi connectivity index (χ1n) is 4.75. The van der Waals surface area contributed by atoms with Gasteiger partial charge in [0.2, 0.25) is 0 Å². The van der Waals surface area contributed by atoms with Crippen LogP contribution >= 0.6 is 0 Å². The minimum absolute atomic E-state index is 0.143. The lowest BCUT2D eigenvalue weighted by Gasteiger charge is -2.18. The number of hydrogen-bond donors (Lipinski definition) is 1. The molecule has 0 spiro atoms. The summed E-state index contributed by atoms with van der Waals surface area (Å²) in [5, 5.41) is 13.7. The van der Waals surface area contributed by atoms with Crippen molar-refractivity contribution in [2.75, 3.05) is 0 Å². The second-order valence-corrected chi connectivity index (χ2v) is 3.82. The van der Waals surface area contributed by atoms with E-state index in [4.69, 9.17) is 0 Å². The van der Waals surface area contributed by atoms with Gasteiger partial charge in [0, 0.05) is 23.9 Å². The van der Waals surface area contributed by atoms with Crippen LogP contribution in [0.4, 0.5) is 0 Å². The molecule has 0 amide bonds. The van der Waals surface area contributed by atoms with E-state index in [0.717, 1.165) is 5.69 Å². The first-order chi connectivity index (χ1) is 6.04. The van der Waals surface area contributed by atoms with Crippen LogP contribution in [0.3, 0.4) is 0 Å². The Hall–Kier alpha value is -0.830. The van der Waals surface area contributed by atoms with Crippen molar-refractivity contribution in [2.45, 2.75) is 45.8 Å². The van der Waals surface area contributed by atoms with E-state index in [-0.39, 0.29) is 12.0 Å². The van der Waals surface area contributed by atoms with Crippen LogP contribution in [0.1, 0.15) is 45.3 Å². The number of hydrogen-bond acceptors (Lipinski definition) is 2. The predicted molar refractivity (Wildman–Crippen MR) is 52.7 cm³/mol. The SMILES string of the molecule is CC(O)C(C)c1ccnn1C(C)C. The zero-order chi connectivity index (χ0) is 10.0. The van der Waals surface area contributed by atoms with Crippen LogP contribution in [-0.4, -0.2) is 21.0 Å². The Labute approximate surface area is 79.4 Å². The second kappa shape index (κ2) is 3.92. The van der Waals surface area contributed by atoms with E-state index in [9.17, 15) is 5.11 Å². The van der Waals surface area contributed by atoms with Crippen molar-refractivity contribution in [1.29, 1.82) is 0 Å². The fourth-order valence-electron chi connectivity index (χ4n) is 1.36. The maximum absolute atomic E-state index is 9.46. The molecule has 1 rings (SSSR count). The topological polar surface area (TPSA) is 38.1 Å². The van der Waals surface area contributed by atoms with Crippen molar-refractivity contribution in [3.63, 3.8) is 0 Å². The van der Waals surface area contributed by atoms with Crippen LogP contribution in [0.25, 0.3) is 0 Å². The fourth-order valence-corrected chi connectivity index (χ4v) is 1.36. The van der Waals surface area contributed by atoms with Crippen LogP contribution in [0.5, 0.6) is 0 Å². The van der Waals surface area contributed by atoms with Gasteiger partial charge >= 0.3 is 0 Å². The van der Waals surface area contributed by atoms with Crippen LogP contribution < -0.4 is 0 Å². The highest BCUT2D eigenvalue weighted by molar-refractivity contribution is 5.09. The maximum Gasteiger partial charge on any atom is 0.0592 e. The fraction of sp³-hybridized carbons (Fsp3) is 0.700. The van der Waals surface area contributed by atoms with E-state index >= 15 is 0 Å². The van der Waals surface area contributed by atoms with Gasteiger partial charge in [0.15, 0.2) is 0 Å². The normalized spacial score (nSPS) is 16.2. The minimum Gasteiger partial charge on any atom is -0.393 e. The summed E-state index contributed by atoms with van der Waals surface area (Å²) in [6.45, 7) is 8.00. The number of rotatable bonds is 3. The van der Waals surface area contributed by atoms with Gasteiger partial charge in [-0.25, -0.2) is 0 Å². The quantitative estimate of drug-likeness (QED) is 0.775. The lowest BCUT2D eigenvalue weighted by Crippen LogP contribution is -2.17. The summed E-state index contributed by atoms with van der Waals surface area (Å²) in [4.78, 5) is 0. The molecule has 0 radical (unpaired) electrons. The highest BCUT2D eigenvalue weighted by Gasteiger charge is 2.16. The van der Waals surface area contributed by atoms with E-state index in [1.165, 1.54) is 0 Å². The molecule has 1 heterocycles. The van der Waals surface area contributed by atoms with Crippen LogP contribution in [0, 0.1) is 0 Å². The van der Waals surface area contributed by atoms with E-state index in [1.54, 1.807) is 6.20 Å². The molecule has 0 saturated carbocycles. The summed E-state index contributed by atoms with van der Waals surface area (Å²) in [6, 6.07) is 2.32. The summed E-state index contributed by atoms with van der Waals surface area (Å²) in [5.74, 6) is 0.143. The Kier molecular flexibility index (Phi) is 3.09. The second-order valence-electron chi connectivity index (χ2n) is 3.82. The minimum atomic E-state index is -0.325. The molecular formula is C10H18N2O. The molecule has 0 bridgehead atoms. The van der Waals surface area contributed by atoms with Crippen LogP contribution in [0.2, 0.25) is 0 Å². The molecule has 1 aromatic rings. The van der Waals surface area contributed by atoms with Gasteiger partial charge in [-0.05, 0) is 26.8 Å². The Morgan fingerprint density at radius 2 is 1.92 bits per heavy atom. The third kappa shape index (κ3) is 2.10. The molecule has 3 nitrogen and oxygen atoms in total. The van der Waals surface area contributed by atoms with Gasteiger partial charge in [0.05, 0.1) is 6.10 Å². The summed E-state index contributed by atoms with van der Waals surface area (Å²) in [6.07, 6.45) is 1.46. The van der Waals surface area contributed by atoms with Crippen molar-refractivity contribution in [2.24, 2.45) is 0 Å². The molecule has 0 saturated heterocycles. The van der Waals surface area contributed by atoms with E-state index in [2.05, 4.69) is 18.9 Å². The molecule has 3 heteroatoms. The number of aromatic nitrogens is 2. The van der Waals surface area contributed by atoms with Gasteiger partial charge in [0.25, 0.3) is 0 Å². The average molecular weight is 182 g/mol. The number of aliphatic hydroxyl groups is 1. The van der Waals surface area contributed by atoms with Crippen molar-refractivity contribution in [3.8, 4) is 0 Å². The standard InChI is InChI=1S/C10H18N2O/c1-7(2)12-10(5-6-11-12)8(3)9(4)13/h5-9,13H,1-4H3. The Morgan fingerprint density at radius 1 is 1.31 bits per heavy atom. The Bertz CT molecular complexity index is 266. The molecule has 13 heavy (non-hydrogen) atoms. The van der Waals surface area contributed by atoms with E-state index in [1.807, 2.05) is 24.6 Å². The largest absolute Gasteiger partial charge is 0.393 e. The molecule has 0 aliphatic carbocycles. The van der Waals surface area contributed by atoms with Crippen molar-refractivity contribution in [1.82, 2.24) is 9.78 Å². The monoisotopic (exact) mass is 182 g/mol. The zero-order valence-electron chi connectivity index (χ0n) is 8.73. The summed E-state index contributed by atoms with van der Waals surface area (Å²) >= 11 is 0. The van der Waals surface area contributed by atoms with Crippen molar-refractivity contribution >= 4 is 0 Å². The first-order valence-corrected chi connectivity index (χ1v) is 4.75. The molecule has 2 unspecified atom stereocenters. The Morgan fingerprint density at radius 3 is 2.38 bits per heavy atom. The zero-order valence-corrected chi connectivity index (χ0v) is 8.73. The first kappa shape index (κ1) is 10.3. The molecule has 1 N–H and O–H groups in total. The third-order valence-electron chi connectivity index (χ3n) is 2.38. The summed E-state index contributed by atoms with van der Waals surface area (Å²) < 4.78 is 1.96. The molecule has 2 atom stereocenters. The van der Waals surface area contributed by atoms with Gasteiger partial charge in [0.1, 0.15) is 0 Å². The van der Waals surface area contributed by atoms with E-state index < -0.39 is 0 Å². The van der Waals surface area contributed by atoms with Crippen molar-refractivity contribution < 1.29 is 5.11 Å². The summed E-state index contributed by atoms with van der Waals surface area (Å²) in [5.41, 5.74) is 1.10. The molecular weight excluding hydrogens is 164 g/mol. The van der Waals surface area contributed by atoms with Crippen molar-refractivity contribution in [3.05, 3.63) is 18.0 Å². The third-order valence-corrected chi connectivity index (χ3v) is 2.38. The van der Waals surface area contributed by atoms with Gasteiger partial charge < -0.3 is 5.11 Å². The maximum atomic E-state index is 9.46. The van der Waals surface area contributed by atoms with Crippen LogP contribution in [0.15, 0.2) is 12.3 Å². The number of aliphatic hydroxyl groups excluding tert-OH is 1. The molecule has 0 fully saturated rings. The predicted octanol–water partition coefficient (Wildman–Crippen LogP) is 1.95. The molecule has 74 valence electrons. The van der Waals surface area contributed by atoms with Gasteiger partial charge in [-0.2, -0.15) is 5.10 Å². The number of nitrogens with zero attached hydrogens (tertiary/aromatic N) is 2. The van der Waals surface area contributed by atoms with Gasteiger partial charge in [-0.15, -0.1) is 0 Å². The van der Waals surface area contributed by atoms with E-state index in [0.29, 0.717) is 6.04 Å². The Balaban J connectivity index is 2.93. The molecule has 0 aromatic carbocycles. The molecule has 1 aromatic heterocycles. The lowest BCUT2D eigenvalue weighted by molar-refractivity contribution is 0.164. The smallest absolute Gasteiger partial charge is 0.0592 e. The molecule has 0 aliphatic heterocycles. The molecule has 0 aliphatic rings. The summed E-state index contributed by atoms with van der Waals surface area (Å²) in [7, 11) is 0. The average Bonchev–Trinajstić information content (AvgIpc) is 2.50. The highest BCUT2D eigenvalue weighted by atomic mass is 16.3. The highest BCUT2D eigenvalue weighted by Crippen LogP contribution is 2.21. The lowest BCUT2D eigenvalue weighted by atomic mass is 10.0. The van der Waals surface area contributed by atoms with Gasteiger partial charge in [-0.1, -0.05) is 6.92 Å².